The molecule has 1 heterocycles. The third kappa shape index (κ3) is 4.19. The van der Waals surface area contributed by atoms with Crippen LogP contribution in [-0.2, 0) is 9.59 Å². The first-order valence-electron chi connectivity index (χ1n) is 11.8. The third-order valence-corrected chi connectivity index (χ3v) is 6.68. The number of amides is 1. The van der Waals surface area contributed by atoms with Crippen LogP contribution in [0.5, 0.6) is 0 Å². The Bertz CT molecular complexity index is 1300. The zero-order chi connectivity index (χ0) is 23.7. The molecule has 0 saturated carbocycles. The molecular formula is C30H28N2O2. The molecule has 0 bridgehead atoms. The van der Waals surface area contributed by atoms with Gasteiger partial charge in [0.2, 0.25) is 0 Å². The molecule has 34 heavy (non-hydrogen) atoms. The van der Waals surface area contributed by atoms with Gasteiger partial charge in [-0.15, -0.1) is 0 Å². The molecule has 1 amide bonds. The molecular weight excluding hydrogens is 420 g/mol. The number of hydrogen-bond acceptors (Lipinski definition) is 3. The summed E-state index contributed by atoms with van der Waals surface area (Å²) in [6, 6.07) is 26.2. The standard InChI is InChI=1S/C30H28N2O2/c1-19-11-17-24(18-12-19)32-30(34)27-20(2)31-25-9-6-10-26(33)29(25)28(27)23-15-13-22(14-16-23)21-7-4-3-5-8-21/h3-5,7-8,11-18,28,31H,6,9-10H2,1-2H3,(H,32,34)/t28-/m0/s1. The van der Waals surface area contributed by atoms with E-state index in [4.69, 9.17) is 0 Å². The Balaban J connectivity index is 1.55. The summed E-state index contributed by atoms with van der Waals surface area (Å²) in [5, 5.41) is 6.44. The van der Waals surface area contributed by atoms with E-state index in [1.54, 1.807) is 0 Å². The van der Waals surface area contributed by atoms with Crippen molar-refractivity contribution in [3.63, 3.8) is 0 Å². The van der Waals surface area contributed by atoms with E-state index in [0.717, 1.165) is 57.8 Å². The van der Waals surface area contributed by atoms with Crippen molar-refractivity contribution in [3.8, 4) is 11.1 Å². The van der Waals surface area contributed by atoms with Gasteiger partial charge in [0.1, 0.15) is 0 Å². The number of carbonyl (C=O) groups is 2. The molecule has 0 spiro atoms. The Labute approximate surface area is 200 Å². The molecule has 3 aromatic carbocycles. The molecule has 0 aromatic heterocycles. The van der Waals surface area contributed by atoms with Crippen LogP contribution in [0.25, 0.3) is 11.1 Å². The molecule has 1 aliphatic carbocycles. The summed E-state index contributed by atoms with van der Waals surface area (Å²) < 4.78 is 0. The minimum atomic E-state index is -0.390. The normalized spacial score (nSPS) is 17.8. The van der Waals surface area contributed by atoms with Crippen LogP contribution >= 0.6 is 0 Å². The number of dihydropyridines is 1. The van der Waals surface area contributed by atoms with E-state index in [-0.39, 0.29) is 17.6 Å². The monoisotopic (exact) mass is 448 g/mol. The molecule has 0 unspecified atom stereocenters. The van der Waals surface area contributed by atoms with Crippen molar-refractivity contribution in [1.29, 1.82) is 0 Å². The maximum absolute atomic E-state index is 13.6. The lowest BCUT2D eigenvalue weighted by molar-refractivity contribution is -0.116. The van der Waals surface area contributed by atoms with Crippen LogP contribution in [0, 0.1) is 6.92 Å². The Hall–Kier alpha value is -3.92. The maximum atomic E-state index is 13.6. The van der Waals surface area contributed by atoms with Gasteiger partial charge in [-0.25, -0.2) is 0 Å². The molecule has 0 saturated heterocycles. The third-order valence-electron chi connectivity index (χ3n) is 6.68. The van der Waals surface area contributed by atoms with E-state index in [1.165, 1.54) is 0 Å². The average molecular weight is 449 g/mol. The fraction of sp³-hybridized carbons (Fsp3) is 0.200. The highest BCUT2D eigenvalue weighted by atomic mass is 16.2. The van der Waals surface area contributed by atoms with Crippen molar-refractivity contribution < 1.29 is 9.59 Å². The summed E-state index contributed by atoms with van der Waals surface area (Å²) in [6.45, 7) is 3.94. The van der Waals surface area contributed by atoms with Crippen molar-refractivity contribution in [2.75, 3.05) is 5.32 Å². The molecule has 2 N–H and O–H groups in total. The summed E-state index contributed by atoms with van der Waals surface area (Å²) >= 11 is 0. The number of Topliss-reactive ketones (excluding diaryl/α,β-unsaturated/α-hetero) is 1. The fourth-order valence-electron chi connectivity index (χ4n) is 4.95. The number of rotatable bonds is 4. The lowest BCUT2D eigenvalue weighted by Crippen LogP contribution is -2.35. The van der Waals surface area contributed by atoms with Crippen molar-refractivity contribution in [1.82, 2.24) is 5.32 Å². The van der Waals surface area contributed by atoms with Gasteiger partial charge in [-0.05, 0) is 55.5 Å². The number of aryl methyl sites for hydroxylation is 1. The molecule has 5 rings (SSSR count). The average Bonchev–Trinajstić information content (AvgIpc) is 2.85. The number of hydrogen-bond donors (Lipinski definition) is 2. The van der Waals surface area contributed by atoms with Crippen LogP contribution in [0.15, 0.2) is 101 Å². The van der Waals surface area contributed by atoms with Gasteiger partial charge in [0.05, 0.1) is 0 Å². The molecule has 170 valence electrons. The van der Waals surface area contributed by atoms with E-state index >= 15 is 0 Å². The van der Waals surface area contributed by atoms with Crippen LogP contribution in [-0.4, -0.2) is 11.7 Å². The first-order chi connectivity index (χ1) is 16.5. The van der Waals surface area contributed by atoms with Gasteiger partial charge < -0.3 is 10.6 Å². The van der Waals surface area contributed by atoms with E-state index < -0.39 is 0 Å². The fourth-order valence-corrected chi connectivity index (χ4v) is 4.95. The second-order valence-electron chi connectivity index (χ2n) is 9.07. The molecule has 1 atom stereocenters. The zero-order valence-electron chi connectivity index (χ0n) is 19.5. The van der Waals surface area contributed by atoms with Crippen LogP contribution in [0.4, 0.5) is 5.69 Å². The molecule has 0 fully saturated rings. The second kappa shape index (κ2) is 9.14. The number of anilines is 1. The van der Waals surface area contributed by atoms with Gasteiger partial charge in [0, 0.05) is 40.6 Å². The van der Waals surface area contributed by atoms with E-state index in [9.17, 15) is 9.59 Å². The Morgan fingerprint density at radius 2 is 1.53 bits per heavy atom. The van der Waals surface area contributed by atoms with Gasteiger partial charge in [-0.3, -0.25) is 9.59 Å². The molecule has 4 heteroatoms. The summed E-state index contributed by atoms with van der Waals surface area (Å²) in [5.74, 6) is -0.450. The number of ketones is 1. The predicted molar refractivity (Wildman–Crippen MR) is 136 cm³/mol. The molecule has 1 aliphatic heterocycles. The number of benzene rings is 3. The highest BCUT2D eigenvalue weighted by Crippen LogP contribution is 2.42. The van der Waals surface area contributed by atoms with E-state index in [2.05, 4.69) is 47.0 Å². The second-order valence-corrected chi connectivity index (χ2v) is 9.07. The van der Waals surface area contributed by atoms with Crippen LogP contribution < -0.4 is 10.6 Å². The van der Waals surface area contributed by atoms with Crippen molar-refractivity contribution in [2.24, 2.45) is 0 Å². The summed E-state index contributed by atoms with van der Waals surface area (Å²) in [4.78, 5) is 26.7. The number of carbonyl (C=O) groups excluding carboxylic acids is 2. The van der Waals surface area contributed by atoms with Crippen LogP contribution in [0.3, 0.4) is 0 Å². The molecule has 0 radical (unpaired) electrons. The van der Waals surface area contributed by atoms with Gasteiger partial charge in [0.15, 0.2) is 5.78 Å². The SMILES string of the molecule is CC1=C(C(=O)Nc2ccc(C)cc2)[C@H](c2ccc(-c3ccccc3)cc2)C2=C(CCCC2=O)N1. The van der Waals surface area contributed by atoms with Gasteiger partial charge >= 0.3 is 0 Å². The topological polar surface area (TPSA) is 58.2 Å². The Morgan fingerprint density at radius 3 is 2.24 bits per heavy atom. The van der Waals surface area contributed by atoms with Gasteiger partial charge in [0.25, 0.3) is 5.91 Å². The van der Waals surface area contributed by atoms with Gasteiger partial charge in [-0.1, -0.05) is 72.3 Å². The smallest absolute Gasteiger partial charge is 0.254 e. The number of allylic oxidation sites excluding steroid dienone is 3. The lowest BCUT2D eigenvalue weighted by Gasteiger charge is -2.34. The molecule has 2 aliphatic rings. The van der Waals surface area contributed by atoms with Crippen LogP contribution in [0.2, 0.25) is 0 Å². The zero-order valence-corrected chi connectivity index (χ0v) is 19.5. The van der Waals surface area contributed by atoms with Crippen LogP contribution in [0.1, 0.15) is 43.2 Å². The minimum Gasteiger partial charge on any atom is -0.362 e. The lowest BCUT2D eigenvalue weighted by atomic mass is 9.75. The number of nitrogens with one attached hydrogen (secondary N) is 2. The Kier molecular flexibility index (Phi) is 5.89. The van der Waals surface area contributed by atoms with E-state index in [0.29, 0.717) is 12.0 Å². The highest BCUT2D eigenvalue weighted by Gasteiger charge is 2.38. The first-order valence-corrected chi connectivity index (χ1v) is 11.8. The quantitative estimate of drug-likeness (QED) is 0.495. The van der Waals surface area contributed by atoms with Crippen molar-refractivity contribution in [2.45, 2.75) is 39.0 Å². The summed E-state index contributed by atoms with van der Waals surface area (Å²) in [5.41, 5.74) is 8.16. The molecule has 4 nitrogen and oxygen atoms in total. The Morgan fingerprint density at radius 1 is 0.853 bits per heavy atom. The largest absolute Gasteiger partial charge is 0.362 e. The van der Waals surface area contributed by atoms with Crippen molar-refractivity contribution >= 4 is 17.4 Å². The van der Waals surface area contributed by atoms with E-state index in [1.807, 2.05) is 56.3 Å². The molecule has 3 aromatic rings. The maximum Gasteiger partial charge on any atom is 0.254 e. The summed E-state index contributed by atoms with van der Waals surface area (Å²) in [7, 11) is 0. The summed E-state index contributed by atoms with van der Waals surface area (Å²) in [6.07, 6.45) is 2.18. The highest BCUT2D eigenvalue weighted by molar-refractivity contribution is 6.09. The van der Waals surface area contributed by atoms with Gasteiger partial charge in [-0.2, -0.15) is 0 Å². The first kappa shape index (κ1) is 21.9. The van der Waals surface area contributed by atoms with Crippen molar-refractivity contribution in [3.05, 3.63) is 113 Å². The minimum absolute atomic E-state index is 0.124. The predicted octanol–water partition coefficient (Wildman–Crippen LogP) is 6.27.